The number of furan rings is 1. The third-order valence-electron chi connectivity index (χ3n) is 3.93. The van der Waals surface area contributed by atoms with Gasteiger partial charge in [-0.25, -0.2) is 0 Å². The van der Waals surface area contributed by atoms with E-state index < -0.39 is 6.10 Å². The van der Waals surface area contributed by atoms with Crippen molar-refractivity contribution in [1.82, 2.24) is 10.6 Å². The SMILES string of the molecule is Cc1c(C(=O)NCC2CNCC2O)oc2ccc(Cl)cc12.Cl. The molecule has 1 fully saturated rings. The number of fused-ring (bicyclic) bond motifs is 1. The first kappa shape index (κ1) is 17.1. The standard InChI is InChI=1S/C15H17ClN2O3.ClH/c1-8-11-4-10(16)2-3-13(11)21-14(8)15(20)18-6-9-5-17-7-12(9)19;/h2-4,9,12,17,19H,5-7H2,1H3,(H,18,20);1H. The maximum Gasteiger partial charge on any atom is 0.287 e. The Bertz CT molecular complexity index is 687. The molecule has 120 valence electrons. The Morgan fingerprint density at radius 2 is 2.27 bits per heavy atom. The number of amides is 1. The van der Waals surface area contributed by atoms with Crippen molar-refractivity contribution >= 4 is 40.9 Å². The lowest BCUT2D eigenvalue weighted by Crippen LogP contribution is -2.34. The molecule has 0 bridgehead atoms. The molecule has 3 N–H and O–H groups in total. The molecular weight excluding hydrogens is 327 g/mol. The van der Waals surface area contributed by atoms with Crippen LogP contribution >= 0.6 is 24.0 Å². The number of aryl methyl sites for hydroxylation is 1. The van der Waals surface area contributed by atoms with Gasteiger partial charge in [-0.3, -0.25) is 4.79 Å². The van der Waals surface area contributed by atoms with E-state index in [-0.39, 0.29) is 24.2 Å². The zero-order valence-electron chi connectivity index (χ0n) is 12.1. The number of rotatable bonds is 3. The molecule has 0 spiro atoms. The maximum atomic E-state index is 12.2. The summed E-state index contributed by atoms with van der Waals surface area (Å²) in [5, 5.41) is 17.1. The van der Waals surface area contributed by atoms with Crippen LogP contribution in [0.1, 0.15) is 16.1 Å². The highest BCUT2D eigenvalue weighted by molar-refractivity contribution is 6.31. The van der Waals surface area contributed by atoms with Gasteiger partial charge < -0.3 is 20.2 Å². The van der Waals surface area contributed by atoms with Crippen molar-refractivity contribution in [1.29, 1.82) is 0 Å². The summed E-state index contributed by atoms with van der Waals surface area (Å²) in [6, 6.07) is 5.28. The molecule has 1 aromatic heterocycles. The van der Waals surface area contributed by atoms with Crippen molar-refractivity contribution in [2.45, 2.75) is 13.0 Å². The summed E-state index contributed by atoms with van der Waals surface area (Å²) in [7, 11) is 0. The molecule has 2 atom stereocenters. The number of carbonyl (C=O) groups is 1. The lowest BCUT2D eigenvalue weighted by molar-refractivity contribution is 0.0901. The average molecular weight is 345 g/mol. The number of aliphatic hydroxyl groups excluding tert-OH is 1. The molecule has 1 aromatic carbocycles. The number of nitrogens with one attached hydrogen (secondary N) is 2. The average Bonchev–Trinajstić information content (AvgIpc) is 3.01. The Morgan fingerprint density at radius 3 is 2.95 bits per heavy atom. The maximum absolute atomic E-state index is 12.2. The first-order valence-electron chi connectivity index (χ1n) is 6.92. The van der Waals surface area contributed by atoms with Crippen LogP contribution in [0.25, 0.3) is 11.0 Å². The number of carbonyl (C=O) groups excluding carboxylic acids is 1. The first-order chi connectivity index (χ1) is 10.1. The highest BCUT2D eigenvalue weighted by Crippen LogP contribution is 2.27. The van der Waals surface area contributed by atoms with Crippen LogP contribution in [0.5, 0.6) is 0 Å². The van der Waals surface area contributed by atoms with E-state index in [0.29, 0.717) is 36.0 Å². The van der Waals surface area contributed by atoms with E-state index in [0.717, 1.165) is 10.9 Å². The Balaban J connectivity index is 0.00000176. The second-order valence-electron chi connectivity index (χ2n) is 5.39. The summed E-state index contributed by atoms with van der Waals surface area (Å²) < 4.78 is 5.61. The summed E-state index contributed by atoms with van der Waals surface area (Å²) in [6.07, 6.45) is -0.416. The number of hydrogen-bond acceptors (Lipinski definition) is 4. The van der Waals surface area contributed by atoms with Crippen LogP contribution in [0.3, 0.4) is 0 Å². The molecule has 7 heteroatoms. The van der Waals surface area contributed by atoms with Gasteiger partial charge in [0.15, 0.2) is 5.76 Å². The lowest BCUT2D eigenvalue weighted by atomic mass is 10.1. The number of halogens is 2. The van der Waals surface area contributed by atoms with Crippen molar-refractivity contribution in [3.05, 3.63) is 34.5 Å². The number of benzene rings is 1. The topological polar surface area (TPSA) is 74.5 Å². The minimum absolute atomic E-state index is 0. The van der Waals surface area contributed by atoms with E-state index >= 15 is 0 Å². The van der Waals surface area contributed by atoms with Gasteiger partial charge in [0.2, 0.25) is 0 Å². The summed E-state index contributed by atoms with van der Waals surface area (Å²) in [6.45, 7) is 3.53. The number of aliphatic hydroxyl groups is 1. The molecule has 1 saturated heterocycles. The molecule has 3 rings (SSSR count). The zero-order valence-corrected chi connectivity index (χ0v) is 13.6. The largest absolute Gasteiger partial charge is 0.451 e. The van der Waals surface area contributed by atoms with Crippen LogP contribution in [-0.2, 0) is 0 Å². The molecule has 2 unspecified atom stereocenters. The summed E-state index contributed by atoms with van der Waals surface area (Å²) in [5.41, 5.74) is 1.42. The predicted molar refractivity (Wildman–Crippen MR) is 87.9 cm³/mol. The van der Waals surface area contributed by atoms with E-state index in [2.05, 4.69) is 10.6 Å². The van der Waals surface area contributed by atoms with E-state index in [1.54, 1.807) is 18.2 Å². The van der Waals surface area contributed by atoms with Crippen molar-refractivity contribution in [3.8, 4) is 0 Å². The summed E-state index contributed by atoms with van der Waals surface area (Å²) in [4.78, 5) is 12.2. The van der Waals surface area contributed by atoms with E-state index in [1.807, 2.05) is 6.92 Å². The van der Waals surface area contributed by atoms with Gasteiger partial charge in [-0.15, -0.1) is 12.4 Å². The molecule has 22 heavy (non-hydrogen) atoms. The molecular formula is C15H18Cl2N2O3. The van der Waals surface area contributed by atoms with Gasteiger partial charge in [0.25, 0.3) is 5.91 Å². The third kappa shape index (κ3) is 3.22. The fraction of sp³-hybridized carbons (Fsp3) is 0.400. The fourth-order valence-electron chi connectivity index (χ4n) is 2.64. The van der Waals surface area contributed by atoms with Crippen LogP contribution < -0.4 is 10.6 Å². The fourth-order valence-corrected chi connectivity index (χ4v) is 2.81. The van der Waals surface area contributed by atoms with Gasteiger partial charge in [0.1, 0.15) is 5.58 Å². The van der Waals surface area contributed by atoms with E-state index in [9.17, 15) is 9.90 Å². The van der Waals surface area contributed by atoms with Crippen LogP contribution in [-0.4, -0.2) is 36.8 Å². The van der Waals surface area contributed by atoms with Gasteiger partial charge in [0.05, 0.1) is 6.10 Å². The quantitative estimate of drug-likeness (QED) is 0.797. The summed E-state index contributed by atoms with van der Waals surface area (Å²) in [5.74, 6) is 0.0692. The van der Waals surface area contributed by atoms with E-state index in [4.69, 9.17) is 16.0 Å². The minimum atomic E-state index is -0.416. The summed E-state index contributed by atoms with van der Waals surface area (Å²) >= 11 is 5.97. The van der Waals surface area contributed by atoms with Gasteiger partial charge in [0, 0.05) is 41.5 Å². The smallest absolute Gasteiger partial charge is 0.287 e. The molecule has 0 aliphatic carbocycles. The first-order valence-corrected chi connectivity index (χ1v) is 7.29. The van der Waals surface area contributed by atoms with Crippen molar-refractivity contribution in [3.63, 3.8) is 0 Å². The van der Waals surface area contributed by atoms with Crippen LogP contribution in [0.2, 0.25) is 5.02 Å². The van der Waals surface area contributed by atoms with Gasteiger partial charge in [-0.05, 0) is 25.1 Å². The molecule has 0 saturated carbocycles. The van der Waals surface area contributed by atoms with Crippen molar-refractivity contribution in [2.24, 2.45) is 5.92 Å². The normalized spacial score (nSPS) is 20.9. The van der Waals surface area contributed by atoms with Crippen molar-refractivity contribution < 1.29 is 14.3 Å². The monoisotopic (exact) mass is 344 g/mol. The highest BCUT2D eigenvalue weighted by atomic mass is 35.5. The molecule has 1 amide bonds. The highest BCUT2D eigenvalue weighted by Gasteiger charge is 2.26. The number of β-amino-alcohol motifs (C(OH)–C–C–N with tert-alkyl or cyclic N) is 1. The van der Waals surface area contributed by atoms with Crippen LogP contribution in [0, 0.1) is 12.8 Å². The van der Waals surface area contributed by atoms with Crippen molar-refractivity contribution in [2.75, 3.05) is 19.6 Å². The van der Waals surface area contributed by atoms with Gasteiger partial charge in [-0.2, -0.15) is 0 Å². The Kier molecular flexibility index (Phi) is 5.34. The Hall–Kier alpha value is -1.27. The Labute approximate surface area is 139 Å². The minimum Gasteiger partial charge on any atom is -0.451 e. The zero-order chi connectivity index (χ0) is 15.0. The predicted octanol–water partition coefficient (Wildman–Crippen LogP) is 2.13. The second-order valence-corrected chi connectivity index (χ2v) is 5.83. The molecule has 1 aliphatic heterocycles. The molecule has 1 aliphatic rings. The number of hydrogen-bond donors (Lipinski definition) is 3. The molecule has 5 nitrogen and oxygen atoms in total. The van der Waals surface area contributed by atoms with Crippen LogP contribution in [0.15, 0.2) is 22.6 Å². The van der Waals surface area contributed by atoms with Gasteiger partial charge in [-0.1, -0.05) is 11.6 Å². The van der Waals surface area contributed by atoms with Gasteiger partial charge >= 0.3 is 0 Å². The third-order valence-corrected chi connectivity index (χ3v) is 4.17. The second kappa shape index (κ2) is 6.87. The molecule has 2 aromatic rings. The van der Waals surface area contributed by atoms with E-state index in [1.165, 1.54) is 0 Å². The molecule has 0 radical (unpaired) electrons. The Morgan fingerprint density at radius 1 is 1.50 bits per heavy atom. The molecule has 2 heterocycles. The lowest BCUT2D eigenvalue weighted by Gasteiger charge is -2.13. The van der Waals surface area contributed by atoms with Crippen LogP contribution in [0.4, 0.5) is 0 Å².